The first kappa shape index (κ1) is 20.8. The van der Waals surface area contributed by atoms with Crippen LogP contribution in [0.2, 0.25) is 0 Å². The standard InChI is InChI=1S/C21H24N2O2.Y/c1-14-5-10-19-18(13-14)17(20(23-19)11-12-22)4-2-3-15-6-8-16(9-7-15)21(24)25;/h5-10,13,23H,2-4,11-12,22H2,1H3,(H,24,25);. The molecule has 133 valence electrons. The zero-order valence-electron chi connectivity index (χ0n) is 15.1. The summed E-state index contributed by atoms with van der Waals surface area (Å²) >= 11 is 0. The molecule has 5 heteroatoms. The minimum absolute atomic E-state index is 0. The van der Waals surface area contributed by atoms with Crippen LogP contribution in [0.1, 0.15) is 39.2 Å². The van der Waals surface area contributed by atoms with Crippen molar-refractivity contribution in [3.05, 3.63) is 70.4 Å². The topological polar surface area (TPSA) is 79.1 Å². The normalized spacial score (nSPS) is 10.7. The Labute approximate surface area is 179 Å². The number of H-pyrrole nitrogens is 1. The molecule has 0 aliphatic heterocycles. The Morgan fingerprint density at radius 1 is 1.08 bits per heavy atom. The molecule has 1 aromatic heterocycles. The molecule has 3 aromatic rings. The maximum absolute atomic E-state index is 10.9. The van der Waals surface area contributed by atoms with E-state index in [1.165, 1.54) is 33.3 Å². The van der Waals surface area contributed by atoms with Crippen LogP contribution in [0.4, 0.5) is 0 Å². The Hall–Kier alpha value is -1.49. The number of nitrogens with two attached hydrogens (primary N) is 1. The van der Waals surface area contributed by atoms with Gasteiger partial charge in [0.1, 0.15) is 0 Å². The van der Waals surface area contributed by atoms with Crippen LogP contribution in [0.5, 0.6) is 0 Å². The fourth-order valence-electron chi connectivity index (χ4n) is 3.34. The van der Waals surface area contributed by atoms with Gasteiger partial charge in [0.25, 0.3) is 0 Å². The SMILES string of the molecule is Cc1ccc2[nH]c(CCN)c(CCCc3ccc(C(=O)O)cc3)c2c1.[Y]. The molecule has 0 bridgehead atoms. The molecule has 0 atom stereocenters. The summed E-state index contributed by atoms with van der Waals surface area (Å²) < 4.78 is 0. The molecule has 0 saturated carbocycles. The zero-order chi connectivity index (χ0) is 17.8. The molecule has 0 aliphatic rings. The average Bonchev–Trinajstić information content (AvgIpc) is 2.93. The Morgan fingerprint density at radius 3 is 2.46 bits per heavy atom. The number of aromatic carboxylic acids is 1. The summed E-state index contributed by atoms with van der Waals surface area (Å²) in [6, 6.07) is 13.7. The summed E-state index contributed by atoms with van der Waals surface area (Å²) in [6.07, 6.45) is 3.79. The number of hydrogen-bond acceptors (Lipinski definition) is 2. The molecule has 3 rings (SSSR count). The first-order valence-corrected chi connectivity index (χ1v) is 8.71. The first-order valence-electron chi connectivity index (χ1n) is 8.71. The molecule has 1 radical (unpaired) electrons. The zero-order valence-corrected chi connectivity index (χ0v) is 17.9. The summed E-state index contributed by atoms with van der Waals surface area (Å²) in [7, 11) is 0. The summed E-state index contributed by atoms with van der Waals surface area (Å²) in [5, 5.41) is 10.3. The molecule has 0 saturated heterocycles. The fourth-order valence-corrected chi connectivity index (χ4v) is 3.34. The van der Waals surface area contributed by atoms with Crippen LogP contribution in [-0.2, 0) is 52.0 Å². The van der Waals surface area contributed by atoms with Gasteiger partial charge in [-0.25, -0.2) is 4.79 Å². The van der Waals surface area contributed by atoms with E-state index >= 15 is 0 Å². The minimum atomic E-state index is -0.882. The molecule has 26 heavy (non-hydrogen) atoms. The van der Waals surface area contributed by atoms with Crippen LogP contribution in [0.15, 0.2) is 42.5 Å². The average molecular weight is 425 g/mol. The molecule has 1 heterocycles. The third-order valence-corrected chi connectivity index (χ3v) is 4.64. The third kappa shape index (κ3) is 4.82. The monoisotopic (exact) mass is 425 g/mol. The number of carboxylic acids is 1. The molecule has 0 aliphatic carbocycles. The number of rotatable bonds is 7. The van der Waals surface area contributed by atoms with Crippen molar-refractivity contribution in [3.63, 3.8) is 0 Å². The Balaban J connectivity index is 0.00000243. The van der Waals surface area contributed by atoms with Crippen LogP contribution in [0.3, 0.4) is 0 Å². The van der Waals surface area contributed by atoms with Gasteiger partial charge < -0.3 is 15.8 Å². The largest absolute Gasteiger partial charge is 0.478 e. The maximum atomic E-state index is 10.9. The van der Waals surface area contributed by atoms with Crippen molar-refractivity contribution in [2.45, 2.75) is 32.6 Å². The third-order valence-electron chi connectivity index (χ3n) is 4.64. The molecule has 0 amide bonds. The first-order chi connectivity index (χ1) is 12.1. The van der Waals surface area contributed by atoms with Gasteiger partial charge in [-0.2, -0.15) is 0 Å². The smallest absolute Gasteiger partial charge is 0.335 e. The van der Waals surface area contributed by atoms with Crippen molar-refractivity contribution in [1.82, 2.24) is 4.98 Å². The van der Waals surface area contributed by atoms with Crippen molar-refractivity contribution in [2.24, 2.45) is 5.73 Å². The number of benzene rings is 2. The van der Waals surface area contributed by atoms with E-state index in [9.17, 15) is 4.79 Å². The number of aryl methyl sites for hydroxylation is 3. The summed E-state index contributed by atoms with van der Waals surface area (Å²) in [5.41, 5.74) is 12.3. The van der Waals surface area contributed by atoms with Gasteiger partial charge in [0.15, 0.2) is 0 Å². The van der Waals surface area contributed by atoms with E-state index in [0.29, 0.717) is 12.1 Å². The predicted molar refractivity (Wildman–Crippen MR) is 101 cm³/mol. The molecule has 4 N–H and O–H groups in total. The van der Waals surface area contributed by atoms with Crippen molar-refractivity contribution < 1.29 is 42.6 Å². The number of nitrogens with one attached hydrogen (secondary N) is 1. The molecular weight excluding hydrogens is 401 g/mol. The summed E-state index contributed by atoms with van der Waals surface area (Å²) in [6.45, 7) is 2.75. The maximum Gasteiger partial charge on any atom is 0.335 e. The van der Waals surface area contributed by atoms with Crippen molar-refractivity contribution in [2.75, 3.05) is 6.54 Å². The molecule has 4 nitrogen and oxygen atoms in total. The Bertz CT molecular complexity index is 885. The summed E-state index contributed by atoms with van der Waals surface area (Å²) in [5.74, 6) is -0.882. The second kappa shape index (κ2) is 9.45. The van der Waals surface area contributed by atoms with E-state index < -0.39 is 5.97 Å². The fraction of sp³-hybridized carbons (Fsp3) is 0.286. The van der Waals surface area contributed by atoms with Gasteiger partial charge in [0.2, 0.25) is 0 Å². The predicted octanol–water partition coefficient (Wildman–Crippen LogP) is 3.85. The van der Waals surface area contributed by atoms with E-state index in [0.717, 1.165) is 25.7 Å². The number of aromatic amines is 1. The van der Waals surface area contributed by atoms with Crippen LogP contribution in [-0.4, -0.2) is 22.6 Å². The second-order valence-electron chi connectivity index (χ2n) is 6.53. The molecule has 2 aromatic carbocycles. The Morgan fingerprint density at radius 2 is 1.81 bits per heavy atom. The number of aromatic nitrogens is 1. The van der Waals surface area contributed by atoms with E-state index in [2.05, 4.69) is 30.1 Å². The molecule has 0 spiro atoms. The van der Waals surface area contributed by atoms with Gasteiger partial charge in [-0.3, -0.25) is 0 Å². The number of carboxylic acid groups (broad SMARTS) is 1. The number of carbonyl (C=O) groups is 1. The van der Waals surface area contributed by atoms with Gasteiger partial charge in [-0.15, -0.1) is 0 Å². The van der Waals surface area contributed by atoms with E-state index in [4.69, 9.17) is 10.8 Å². The van der Waals surface area contributed by atoms with Gasteiger partial charge in [0, 0.05) is 55.7 Å². The van der Waals surface area contributed by atoms with Crippen molar-refractivity contribution in [3.8, 4) is 0 Å². The Kier molecular flexibility index (Phi) is 7.57. The number of fused-ring (bicyclic) bond motifs is 1. The van der Waals surface area contributed by atoms with Crippen molar-refractivity contribution >= 4 is 16.9 Å². The quantitative estimate of drug-likeness (QED) is 0.538. The van der Waals surface area contributed by atoms with Gasteiger partial charge in [-0.05, 0) is 68.1 Å². The van der Waals surface area contributed by atoms with E-state index in [1.54, 1.807) is 12.1 Å². The van der Waals surface area contributed by atoms with E-state index in [-0.39, 0.29) is 32.7 Å². The van der Waals surface area contributed by atoms with Gasteiger partial charge in [0.05, 0.1) is 5.56 Å². The molecule has 0 fully saturated rings. The van der Waals surface area contributed by atoms with Crippen molar-refractivity contribution in [1.29, 1.82) is 0 Å². The number of hydrogen-bond donors (Lipinski definition) is 3. The van der Waals surface area contributed by atoms with Crippen LogP contribution in [0.25, 0.3) is 10.9 Å². The van der Waals surface area contributed by atoms with Crippen LogP contribution in [0, 0.1) is 6.92 Å². The van der Waals surface area contributed by atoms with E-state index in [1.807, 2.05) is 12.1 Å². The van der Waals surface area contributed by atoms with Crippen LogP contribution >= 0.6 is 0 Å². The summed E-state index contributed by atoms with van der Waals surface area (Å²) in [4.78, 5) is 14.4. The van der Waals surface area contributed by atoms with Gasteiger partial charge in [-0.1, -0.05) is 23.8 Å². The molecular formula is C21H24N2O2Y. The van der Waals surface area contributed by atoms with Crippen LogP contribution < -0.4 is 5.73 Å². The minimum Gasteiger partial charge on any atom is -0.478 e. The second-order valence-corrected chi connectivity index (χ2v) is 6.53. The molecule has 0 unspecified atom stereocenters. The van der Waals surface area contributed by atoms with Gasteiger partial charge >= 0.3 is 5.97 Å².